The molecule has 0 N–H and O–H groups in total. The summed E-state index contributed by atoms with van der Waals surface area (Å²) in [6, 6.07) is 0. The second-order valence-electron chi connectivity index (χ2n) is 5.91. The highest BCUT2D eigenvalue weighted by molar-refractivity contribution is 5.85. The Morgan fingerprint density at radius 1 is 1.41 bits per heavy atom. The number of amides is 1. The number of rotatable bonds is 0. The molecule has 0 saturated carbocycles. The fourth-order valence-corrected chi connectivity index (χ4v) is 1.56. The lowest BCUT2D eigenvalue weighted by atomic mass is 10.1. The normalized spacial score (nSPS) is 21.0. The summed E-state index contributed by atoms with van der Waals surface area (Å²) in [5.74, 6) is -0.110. The molecule has 1 aliphatic rings. The Kier molecular flexibility index (Phi) is 3.81. The number of carbonyl (C=O) groups is 2. The van der Waals surface area contributed by atoms with Gasteiger partial charge in [-0.05, 0) is 34.6 Å². The van der Waals surface area contributed by atoms with Crippen molar-refractivity contribution in [3.05, 3.63) is 0 Å². The molecule has 0 aliphatic carbocycles. The van der Waals surface area contributed by atoms with Crippen molar-refractivity contribution >= 4 is 11.9 Å². The monoisotopic (exact) mass is 243 g/mol. The molecule has 5 nitrogen and oxygen atoms in total. The van der Waals surface area contributed by atoms with E-state index in [4.69, 9.17) is 9.47 Å². The molecule has 1 aliphatic heterocycles. The Hall–Kier alpha value is -1.10. The van der Waals surface area contributed by atoms with Crippen LogP contribution in [0.3, 0.4) is 0 Å². The molecule has 0 aromatic carbocycles. The van der Waals surface area contributed by atoms with Crippen molar-refractivity contribution in [2.75, 3.05) is 19.8 Å². The van der Waals surface area contributed by atoms with Crippen LogP contribution in [0.15, 0.2) is 0 Å². The average Bonchev–Trinajstić information content (AvgIpc) is 2.22. The first-order valence-corrected chi connectivity index (χ1v) is 5.72. The summed E-state index contributed by atoms with van der Waals surface area (Å²) in [5.41, 5.74) is -1.10. The van der Waals surface area contributed by atoms with Gasteiger partial charge in [0, 0.05) is 0 Å². The van der Waals surface area contributed by atoms with Crippen LogP contribution in [0.5, 0.6) is 0 Å². The zero-order chi connectivity index (χ0) is 13.3. The van der Waals surface area contributed by atoms with E-state index in [2.05, 4.69) is 0 Å². The minimum Gasteiger partial charge on any atom is -0.444 e. The van der Waals surface area contributed by atoms with Gasteiger partial charge in [0.05, 0.1) is 18.7 Å². The lowest BCUT2D eigenvalue weighted by molar-refractivity contribution is -0.122. The van der Waals surface area contributed by atoms with E-state index < -0.39 is 17.2 Å². The summed E-state index contributed by atoms with van der Waals surface area (Å²) >= 11 is 0. The zero-order valence-electron chi connectivity index (χ0n) is 11.2. The second-order valence-corrected chi connectivity index (χ2v) is 5.91. The van der Waals surface area contributed by atoms with E-state index in [1.165, 1.54) is 4.90 Å². The van der Waals surface area contributed by atoms with Gasteiger partial charge in [0.2, 0.25) is 0 Å². The van der Waals surface area contributed by atoms with Crippen LogP contribution in [0.1, 0.15) is 34.6 Å². The maximum absolute atomic E-state index is 12.0. The Bertz CT molecular complexity index is 317. The molecule has 0 aromatic heterocycles. The number of ketones is 1. The molecule has 0 bridgehead atoms. The van der Waals surface area contributed by atoms with Gasteiger partial charge in [-0.3, -0.25) is 9.69 Å². The number of carbonyl (C=O) groups excluding carboxylic acids is 2. The van der Waals surface area contributed by atoms with Gasteiger partial charge in [0.15, 0.2) is 5.78 Å². The van der Waals surface area contributed by atoms with Crippen molar-refractivity contribution < 1.29 is 19.1 Å². The first-order chi connectivity index (χ1) is 7.62. The molecular weight excluding hydrogens is 222 g/mol. The first-order valence-electron chi connectivity index (χ1n) is 5.72. The minimum atomic E-state index is -0.566. The molecule has 0 radical (unpaired) electrons. The van der Waals surface area contributed by atoms with Crippen molar-refractivity contribution in [2.24, 2.45) is 0 Å². The molecule has 1 rings (SSSR count). The van der Waals surface area contributed by atoms with Crippen molar-refractivity contribution in [1.29, 1.82) is 0 Å². The van der Waals surface area contributed by atoms with Crippen molar-refractivity contribution in [1.82, 2.24) is 4.90 Å². The van der Waals surface area contributed by atoms with Gasteiger partial charge < -0.3 is 9.47 Å². The van der Waals surface area contributed by atoms with Gasteiger partial charge >= 0.3 is 6.09 Å². The van der Waals surface area contributed by atoms with E-state index in [-0.39, 0.29) is 18.9 Å². The van der Waals surface area contributed by atoms with E-state index in [0.29, 0.717) is 6.61 Å². The second kappa shape index (κ2) is 4.64. The van der Waals surface area contributed by atoms with Crippen LogP contribution in [0.25, 0.3) is 0 Å². The number of hydrogen-bond donors (Lipinski definition) is 0. The van der Waals surface area contributed by atoms with Gasteiger partial charge in [0.25, 0.3) is 0 Å². The minimum absolute atomic E-state index is 0.0436. The summed E-state index contributed by atoms with van der Waals surface area (Å²) in [6.45, 7) is 9.55. The Morgan fingerprint density at radius 2 is 2.00 bits per heavy atom. The third kappa shape index (κ3) is 4.00. The summed E-state index contributed by atoms with van der Waals surface area (Å²) in [6.07, 6.45) is -0.471. The van der Waals surface area contributed by atoms with E-state index in [9.17, 15) is 9.59 Å². The van der Waals surface area contributed by atoms with Crippen LogP contribution < -0.4 is 0 Å². The molecule has 1 saturated heterocycles. The zero-order valence-corrected chi connectivity index (χ0v) is 11.2. The SMILES string of the molecule is CC(C)(C)OC(=O)N1CC(=O)COCC1(C)C. The van der Waals surface area contributed by atoms with Crippen molar-refractivity contribution in [3.63, 3.8) is 0 Å². The maximum atomic E-state index is 12.0. The van der Waals surface area contributed by atoms with Crippen molar-refractivity contribution in [3.8, 4) is 0 Å². The predicted molar refractivity (Wildman–Crippen MR) is 62.8 cm³/mol. The van der Waals surface area contributed by atoms with Gasteiger partial charge in [-0.15, -0.1) is 0 Å². The van der Waals surface area contributed by atoms with Crippen LogP contribution >= 0.6 is 0 Å². The molecule has 17 heavy (non-hydrogen) atoms. The number of Topliss-reactive ketones (excluding diaryl/α,β-unsaturated/α-hetero) is 1. The maximum Gasteiger partial charge on any atom is 0.411 e. The topological polar surface area (TPSA) is 55.8 Å². The highest BCUT2D eigenvalue weighted by Gasteiger charge is 2.37. The van der Waals surface area contributed by atoms with Gasteiger partial charge in [-0.1, -0.05) is 0 Å². The average molecular weight is 243 g/mol. The first kappa shape index (κ1) is 14.0. The molecule has 98 valence electrons. The van der Waals surface area contributed by atoms with Crippen LogP contribution in [0.2, 0.25) is 0 Å². The van der Waals surface area contributed by atoms with E-state index in [1.54, 1.807) is 20.8 Å². The van der Waals surface area contributed by atoms with Crippen LogP contribution in [-0.4, -0.2) is 47.7 Å². The Balaban J connectivity index is 2.83. The fourth-order valence-electron chi connectivity index (χ4n) is 1.56. The summed E-state index contributed by atoms with van der Waals surface area (Å²) in [4.78, 5) is 24.9. The summed E-state index contributed by atoms with van der Waals surface area (Å²) in [7, 11) is 0. The molecular formula is C12H21NO4. The summed E-state index contributed by atoms with van der Waals surface area (Å²) in [5, 5.41) is 0. The smallest absolute Gasteiger partial charge is 0.411 e. The third-order valence-corrected chi connectivity index (χ3v) is 2.40. The molecule has 1 heterocycles. The number of hydrogen-bond acceptors (Lipinski definition) is 4. The quantitative estimate of drug-likeness (QED) is 0.648. The highest BCUT2D eigenvalue weighted by Crippen LogP contribution is 2.21. The molecule has 1 amide bonds. The van der Waals surface area contributed by atoms with Gasteiger partial charge in [-0.25, -0.2) is 4.79 Å². The Morgan fingerprint density at radius 3 is 2.53 bits per heavy atom. The largest absolute Gasteiger partial charge is 0.444 e. The Labute approximate surface area is 102 Å². The van der Waals surface area contributed by atoms with Crippen LogP contribution in [-0.2, 0) is 14.3 Å². The van der Waals surface area contributed by atoms with Gasteiger partial charge in [-0.2, -0.15) is 0 Å². The lowest BCUT2D eigenvalue weighted by Crippen LogP contribution is -2.52. The standard InChI is InChI=1S/C12H21NO4/c1-11(2,3)17-10(15)13-6-9(14)7-16-8-12(13,4)5/h6-8H2,1-5H3. The number of nitrogens with zero attached hydrogens (tertiary/aromatic N) is 1. The molecule has 0 aromatic rings. The van der Waals surface area contributed by atoms with Gasteiger partial charge in [0.1, 0.15) is 12.2 Å². The van der Waals surface area contributed by atoms with Crippen LogP contribution in [0, 0.1) is 0 Å². The molecule has 0 atom stereocenters. The highest BCUT2D eigenvalue weighted by atomic mass is 16.6. The third-order valence-electron chi connectivity index (χ3n) is 2.40. The predicted octanol–water partition coefficient (Wildman–Crippen LogP) is 1.60. The van der Waals surface area contributed by atoms with E-state index in [1.807, 2.05) is 13.8 Å². The molecule has 0 spiro atoms. The van der Waals surface area contributed by atoms with E-state index >= 15 is 0 Å². The van der Waals surface area contributed by atoms with Crippen molar-refractivity contribution in [2.45, 2.75) is 45.8 Å². The fraction of sp³-hybridized carbons (Fsp3) is 0.833. The van der Waals surface area contributed by atoms with Crippen LogP contribution in [0.4, 0.5) is 4.79 Å². The summed E-state index contributed by atoms with van der Waals surface area (Å²) < 4.78 is 10.5. The number of ether oxygens (including phenoxy) is 2. The molecule has 5 heteroatoms. The molecule has 1 fully saturated rings. The molecule has 0 unspecified atom stereocenters. The lowest BCUT2D eigenvalue weighted by Gasteiger charge is -2.36. The van der Waals surface area contributed by atoms with E-state index in [0.717, 1.165) is 0 Å².